The number of rotatable bonds is 1. The molecule has 18 heavy (non-hydrogen) atoms. The van der Waals surface area contributed by atoms with E-state index in [1.54, 1.807) is 0 Å². The molecule has 0 aromatic carbocycles. The minimum atomic E-state index is -0.273. The molecule has 0 radical (unpaired) electrons. The van der Waals surface area contributed by atoms with Crippen LogP contribution in [0.1, 0.15) is 59.8 Å². The second kappa shape index (κ2) is 4.84. The van der Waals surface area contributed by atoms with Gasteiger partial charge in [0.15, 0.2) is 0 Å². The average molecular weight is 252 g/mol. The summed E-state index contributed by atoms with van der Waals surface area (Å²) in [5.74, 6) is 0.337. The Kier molecular flexibility index (Phi) is 3.72. The van der Waals surface area contributed by atoms with E-state index >= 15 is 0 Å². The Morgan fingerprint density at radius 2 is 1.67 bits per heavy atom. The predicted octanol–water partition coefficient (Wildman–Crippen LogP) is 2.56. The average Bonchev–Trinajstić information content (AvgIpc) is 2.36. The summed E-state index contributed by atoms with van der Waals surface area (Å²) in [7, 11) is 0. The Balaban J connectivity index is 2.27. The zero-order chi connectivity index (χ0) is 13.4. The second-order valence-electron chi connectivity index (χ2n) is 7.27. The minimum Gasteiger partial charge on any atom is -0.333 e. The van der Waals surface area contributed by atoms with Crippen LogP contribution in [0.15, 0.2) is 0 Å². The van der Waals surface area contributed by atoms with Crippen LogP contribution in [0.3, 0.4) is 0 Å². The molecule has 1 saturated carbocycles. The number of hydrogen-bond donors (Lipinski definition) is 1. The molecule has 0 unspecified atom stereocenters. The van der Waals surface area contributed by atoms with Crippen molar-refractivity contribution >= 4 is 5.91 Å². The Morgan fingerprint density at radius 1 is 1.06 bits per heavy atom. The van der Waals surface area contributed by atoms with Gasteiger partial charge in [-0.1, -0.05) is 19.3 Å². The summed E-state index contributed by atoms with van der Waals surface area (Å²) in [4.78, 5) is 15.1. The van der Waals surface area contributed by atoms with E-state index in [-0.39, 0.29) is 11.0 Å². The molecule has 2 rings (SSSR count). The lowest BCUT2D eigenvalue weighted by Gasteiger charge is -2.46. The van der Waals surface area contributed by atoms with Crippen LogP contribution in [0.25, 0.3) is 0 Å². The number of nitrogens with one attached hydrogen (secondary N) is 1. The summed E-state index contributed by atoms with van der Waals surface area (Å²) in [5, 5.41) is 3.46. The van der Waals surface area contributed by atoms with E-state index < -0.39 is 0 Å². The van der Waals surface area contributed by atoms with Gasteiger partial charge in [0.1, 0.15) is 0 Å². The number of hydrogen-bond acceptors (Lipinski definition) is 2. The first kappa shape index (κ1) is 13.9. The minimum absolute atomic E-state index is 0.0626. The fourth-order valence-electron chi connectivity index (χ4n) is 3.44. The SMILES string of the molecule is CC1(C)CNCC(C)(C)N(C2CCCCC2)C1=O. The lowest BCUT2D eigenvalue weighted by atomic mass is 9.86. The van der Waals surface area contributed by atoms with Crippen LogP contribution in [0.4, 0.5) is 0 Å². The van der Waals surface area contributed by atoms with Gasteiger partial charge in [-0.25, -0.2) is 0 Å². The number of carbonyl (C=O) groups excluding carboxylic acids is 1. The van der Waals surface area contributed by atoms with Gasteiger partial charge in [0.2, 0.25) is 5.91 Å². The van der Waals surface area contributed by atoms with Gasteiger partial charge < -0.3 is 10.2 Å². The summed E-state index contributed by atoms with van der Waals surface area (Å²) < 4.78 is 0. The molecule has 0 aromatic rings. The van der Waals surface area contributed by atoms with E-state index in [0.717, 1.165) is 13.1 Å². The number of amides is 1. The molecule has 0 aromatic heterocycles. The Morgan fingerprint density at radius 3 is 2.28 bits per heavy atom. The topological polar surface area (TPSA) is 32.3 Å². The van der Waals surface area contributed by atoms with E-state index in [0.29, 0.717) is 11.9 Å². The molecular weight excluding hydrogens is 224 g/mol. The Hall–Kier alpha value is -0.570. The molecule has 104 valence electrons. The van der Waals surface area contributed by atoms with Gasteiger partial charge in [-0.3, -0.25) is 4.79 Å². The molecule has 1 saturated heterocycles. The fraction of sp³-hybridized carbons (Fsp3) is 0.933. The van der Waals surface area contributed by atoms with Gasteiger partial charge in [0.05, 0.1) is 5.41 Å². The van der Waals surface area contributed by atoms with Crippen LogP contribution in [-0.2, 0) is 4.79 Å². The third-order valence-corrected chi connectivity index (χ3v) is 4.51. The fourth-order valence-corrected chi connectivity index (χ4v) is 3.44. The van der Waals surface area contributed by atoms with Crippen molar-refractivity contribution in [2.24, 2.45) is 5.41 Å². The lowest BCUT2D eigenvalue weighted by Crippen LogP contribution is -2.57. The maximum atomic E-state index is 12.9. The molecule has 2 fully saturated rings. The van der Waals surface area contributed by atoms with Crippen molar-refractivity contribution < 1.29 is 4.79 Å². The third-order valence-electron chi connectivity index (χ3n) is 4.51. The first-order valence-electron chi connectivity index (χ1n) is 7.39. The van der Waals surface area contributed by atoms with E-state index in [2.05, 4.69) is 37.9 Å². The highest BCUT2D eigenvalue weighted by molar-refractivity contribution is 5.83. The van der Waals surface area contributed by atoms with E-state index in [1.165, 1.54) is 32.1 Å². The van der Waals surface area contributed by atoms with E-state index in [9.17, 15) is 4.79 Å². The number of nitrogens with zero attached hydrogens (tertiary/aromatic N) is 1. The van der Waals surface area contributed by atoms with Crippen LogP contribution in [0, 0.1) is 5.41 Å². The van der Waals surface area contributed by atoms with Gasteiger partial charge in [-0.2, -0.15) is 0 Å². The van der Waals surface area contributed by atoms with Crippen LogP contribution in [0.2, 0.25) is 0 Å². The van der Waals surface area contributed by atoms with Gasteiger partial charge in [-0.05, 0) is 40.5 Å². The number of carbonyl (C=O) groups is 1. The van der Waals surface area contributed by atoms with Crippen molar-refractivity contribution in [2.75, 3.05) is 13.1 Å². The lowest BCUT2D eigenvalue weighted by molar-refractivity contribution is -0.147. The maximum absolute atomic E-state index is 12.9. The molecule has 1 amide bonds. The largest absolute Gasteiger partial charge is 0.333 e. The molecule has 2 aliphatic rings. The summed E-state index contributed by atoms with van der Waals surface area (Å²) in [6.45, 7) is 10.2. The van der Waals surface area contributed by atoms with Crippen molar-refractivity contribution in [1.29, 1.82) is 0 Å². The summed E-state index contributed by atoms with van der Waals surface area (Å²) in [6, 6.07) is 0.459. The van der Waals surface area contributed by atoms with Crippen molar-refractivity contribution in [3.63, 3.8) is 0 Å². The van der Waals surface area contributed by atoms with Gasteiger partial charge in [0, 0.05) is 24.7 Å². The van der Waals surface area contributed by atoms with Crippen LogP contribution in [-0.4, -0.2) is 35.5 Å². The Bertz CT molecular complexity index is 316. The van der Waals surface area contributed by atoms with Crippen molar-refractivity contribution in [3.8, 4) is 0 Å². The highest BCUT2D eigenvalue weighted by Gasteiger charge is 2.44. The highest BCUT2D eigenvalue weighted by Crippen LogP contribution is 2.34. The molecule has 0 bridgehead atoms. The molecule has 1 N–H and O–H groups in total. The van der Waals surface area contributed by atoms with E-state index in [1.807, 2.05) is 0 Å². The first-order chi connectivity index (χ1) is 8.34. The van der Waals surface area contributed by atoms with Crippen LogP contribution >= 0.6 is 0 Å². The monoisotopic (exact) mass is 252 g/mol. The van der Waals surface area contributed by atoms with Crippen LogP contribution in [0.5, 0.6) is 0 Å². The molecule has 3 heteroatoms. The zero-order valence-electron chi connectivity index (χ0n) is 12.4. The molecule has 1 aliphatic heterocycles. The molecular formula is C15H28N2O. The van der Waals surface area contributed by atoms with E-state index in [4.69, 9.17) is 0 Å². The molecule has 0 atom stereocenters. The van der Waals surface area contributed by atoms with Crippen LogP contribution < -0.4 is 5.32 Å². The maximum Gasteiger partial charge on any atom is 0.230 e. The van der Waals surface area contributed by atoms with Gasteiger partial charge in [0.25, 0.3) is 0 Å². The molecule has 3 nitrogen and oxygen atoms in total. The zero-order valence-corrected chi connectivity index (χ0v) is 12.4. The standard InChI is InChI=1S/C15H28N2O/c1-14(2)10-16-11-15(3,4)17(13(14)18)12-8-6-5-7-9-12/h12,16H,5-11H2,1-4H3. The van der Waals surface area contributed by atoms with Gasteiger partial charge in [-0.15, -0.1) is 0 Å². The first-order valence-corrected chi connectivity index (χ1v) is 7.39. The predicted molar refractivity (Wildman–Crippen MR) is 74.4 cm³/mol. The Labute approximate surface area is 111 Å². The quantitative estimate of drug-likeness (QED) is 0.778. The van der Waals surface area contributed by atoms with Crippen molar-refractivity contribution in [2.45, 2.75) is 71.4 Å². The summed E-state index contributed by atoms with van der Waals surface area (Å²) in [6.07, 6.45) is 6.26. The van der Waals surface area contributed by atoms with Crippen molar-refractivity contribution in [1.82, 2.24) is 10.2 Å². The third kappa shape index (κ3) is 2.56. The smallest absolute Gasteiger partial charge is 0.230 e. The summed E-state index contributed by atoms with van der Waals surface area (Å²) >= 11 is 0. The molecule has 1 aliphatic carbocycles. The molecule has 1 heterocycles. The van der Waals surface area contributed by atoms with Crippen molar-refractivity contribution in [3.05, 3.63) is 0 Å². The highest BCUT2D eigenvalue weighted by atomic mass is 16.2. The summed E-state index contributed by atoms with van der Waals surface area (Å²) in [5.41, 5.74) is -0.335. The van der Waals surface area contributed by atoms with Gasteiger partial charge >= 0.3 is 0 Å². The normalized spacial score (nSPS) is 29.1. The molecule has 0 spiro atoms. The second-order valence-corrected chi connectivity index (χ2v) is 7.27.